The summed E-state index contributed by atoms with van der Waals surface area (Å²) in [5.41, 5.74) is 5.85. The summed E-state index contributed by atoms with van der Waals surface area (Å²) >= 11 is 5.98. The monoisotopic (exact) mass is 863 g/mol. The summed E-state index contributed by atoms with van der Waals surface area (Å²) in [4.78, 5) is 64.7. The van der Waals surface area contributed by atoms with Crippen LogP contribution >= 0.6 is 11.6 Å². The van der Waals surface area contributed by atoms with Crippen LogP contribution in [0.5, 0.6) is 0 Å². The highest BCUT2D eigenvalue weighted by molar-refractivity contribution is 6.33. The molecule has 16 nitrogen and oxygen atoms in total. The Morgan fingerprint density at radius 3 is 2.40 bits per heavy atom. The molecule has 1 aromatic heterocycles. The van der Waals surface area contributed by atoms with E-state index in [1.807, 2.05) is 39.4 Å². The third-order valence-corrected chi connectivity index (χ3v) is 11.9. The van der Waals surface area contributed by atoms with Crippen molar-refractivity contribution in [3.8, 4) is 0 Å². The number of aromatic nitrogens is 1. The van der Waals surface area contributed by atoms with Crippen molar-refractivity contribution in [2.24, 2.45) is 17.8 Å². The Balaban J connectivity index is 0.000000343. The summed E-state index contributed by atoms with van der Waals surface area (Å²) in [6.45, 7) is 12.8. The number of ether oxygens (including phenoxy) is 4. The number of nitrogen functional groups attached to an aromatic ring is 1. The molecule has 7 unspecified atom stereocenters. The third kappa shape index (κ3) is 13.4. The first-order valence-corrected chi connectivity index (χ1v) is 21.5. The van der Waals surface area contributed by atoms with Gasteiger partial charge in [-0.3, -0.25) is 19.2 Å². The van der Waals surface area contributed by atoms with Crippen LogP contribution in [0, 0.1) is 17.8 Å². The summed E-state index contributed by atoms with van der Waals surface area (Å²) in [6, 6.07) is 3.24. The summed E-state index contributed by atoms with van der Waals surface area (Å²) < 4.78 is 26.2. The maximum absolute atomic E-state index is 13.4. The van der Waals surface area contributed by atoms with E-state index in [1.54, 1.807) is 19.9 Å². The number of carbonyl (C=O) groups is 4. The predicted molar refractivity (Wildman–Crippen MR) is 228 cm³/mol. The number of nitrogens with one attached hydrogen (secondary N) is 2. The third-order valence-electron chi connectivity index (χ3n) is 11.5. The zero-order chi connectivity index (χ0) is 44.4. The second-order valence-electron chi connectivity index (χ2n) is 16.9. The number of anilines is 1. The molecule has 0 bridgehead atoms. The zero-order valence-electron chi connectivity index (χ0n) is 36.3. The summed E-state index contributed by atoms with van der Waals surface area (Å²) in [5.74, 6) is -4.73. The fraction of sp³-hybridized carbons (Fsp3) is 0.698. The quantitative estimate of drug-likeness (QED) is 0.0928. The van der Waals surface area contributed by atoms with Crippen LogP contribution < -0.4 is 21.8 Å². The molecule has 0 radical (unpaired) electrons. The molecule has 60 heavy (non-hydrogen) atoms. The number of nitrogens with zero attached hydrogens (tertiary/aromatic N) is 2. The second kappa shape index (κ2) is 22.5. The van der Waals surface area contributed by atoms with Crippen molar-refractivity contribution >= 4 is 51.8 Å². The molecule has 3 heterocycles. The van der Waals surface area contributed by atoms with Crippen LogP contribution in [-0.2, 0) is 33.3 Å². The number of benzene rings is 1. The number of cyclic esters (lactones) is 1. The van der Waals surface area contributed by atoms with Gasteiger partial charge in [0.05, 0.1) is 53.2 Å². The number of hydrogen-bond donors (Lipinski definition) is 5. The number of aliphatic hydroxyl groups excluding tert-OH is 1. The molecule has 5 rings (SSSR count). The maximum Gasteiger partial charge on any atom is 0.341 e. The largest absolute Gasteiger partial charge is 0.477 e. The molecule has 2 saturated heterocycles. The molecule has 10 atom stereocenters. The Labute approximate surface area is 357 Å². The van der Waals surface area contributed by atoms with Crippen LogP contribution in [0.15, 0.2) is 23.1 Å². The number of esters is 1. The minimum absolute atomic E-state index is 0.0272. The number of rotatable bonds is 11. The highest BCUT2D eigenvalue weighted by Crippen LogP contribution is 2.38. The number of aliphatic hydroxyl groups is 1. The fourth-order valence-electron chi connectivity index (χ4n) is 7.55. The number of ketones is 1. The summed E-state index contributed by atoms with van der Waals surface area (Å²) in [7, 11) is 4.06. The number of aromatic carboxylic acids is 1. The van der Waals surface area contributed by atoms with Crippen LogP contribution in [0.1, 0.15) is 103 Å². The molecule has 2 aliphatic heterocycles. The van der Waals surface area contributed by atoms with Crippen LogP contribution in [0.4, 0.5) is 5.69 Å². The van der Waals surface area contributed by atoms with E-state index >= 15 is 0 Å². The standard InChI is InChI=1S/C30H55N3O8.C13H11ClN2O3/c1-9-31-11-10-12-38-25-13-19(3)32-29(36)22(6)28(35)18(2)17-39-30(37)21(5)24(34)16-26(25)41-27-15-23(33(7)8)14-20(4)40-27;14-9-4-11-7(3-10(9)15)12(17)8(13(18)19)5-16(11)6-1-2-6/h18-23,25-28,31,35H,9-17H2,1-8H3,(H,32,36);3-6H,1-2,15H2,(H,18,19)/t18-,19+,20?,21?,22?,23?,25?,26+,27?,28?;/m0./s1. The number of carboxylic acids is 1. The van der Waals surface area contributed by atoms with E-state index in [1.165, 1.54) is 19.2 Å². The number of hydrogen-bond acceptors (Lipinski definition) is 13. The first kappa shape index (κ1) is 49.0. The lowest BCUT2D eigenvalue weighted by Crippen LogP contribution is -2.48. The van der Waals surface area contributed by atoms with Gasteiger partial charge in [-0.2, -0.15) is 0 Å². The van der Waals surface area contributed by atoms with Crippen molar-refractivity contribution in [3.63, 3.8) is 0 Å². The molecule has 1 aliphatic carbocycles. The van der Waals surface area contributed by atoms with Gasteiger partial charge in [-0.25, -0.2) is 4.79 Å². The van der Waals surface area contributed by atoms with Gasteiger partial charge >= 0.3 is 11.9 Å². The second-order valence-corrected chi connectivity index (χ2v) is 17.3. The van der Waals surface area contributed by atoms with E-state index in [0.717, 1.165) is 38.8 Å². The Morgan fingerprint density at radius 1 is 1.07 bits per heavy atom. The van der Waals surface area contributed by atoms with Crippen molar-refractivity contribution < 1.29 is 48.3 Å². The lowest BCUT2D eigenvalue weighted by molar-refractivity contribution is -0.240. The highest BCUT2D eigenvalue weighted by Gasteiger charge is 2.38. The highest BCUT2D eigenvalue weighted by atomic mass is 35.5. The fourth-order valence-corrected chi connectivity index (χ4v) is 7.70. The topological polar surface area (TPSA) is 221 Å². The Hall–Kier alpha value is -3.64. The molecule has 1 aromatic carbocycles. The molecule has 2 aromatic rings. The molecule has 6 N–H and O–H groups in total. The zero-order valence-corrected chi connectivity index (χ0v) is 37.0. The number of Topliss-reactive ketones (excluding diaryl/α,β-unsaturated/α-hetero) is 1. The van der Waals surface area contributed by atoms with E-state index in [0.29, 0.717) is 35.4 Å². The smallest absolute Gasteiger partial charge is 0.341 e. The van der Waals surface area contributed by atoms with E-state index < -0.39 is 59.7 Å². The normalized spacial score (nSPS) is 29.8. The van der Waals surface area contributed by atoms with Gasteiger partial charge in [0.15, 0.2) is 6.29 Å². The van der Waals surface area contributed by atoms with Gasteiger partial charge in [-0.05, 0) is 92.2 Å². The molecule has 17 heteroatoms. The van der Waals surface area contributed by atoms with Crippen molar-refractivity contribution in [2.45, 2.75) is 135 Å². The van der Waals surface area contributed by atoms with Crippen molar-refractivity contribution in [1.29, 1.82) is 0 Å². The molecule has 3 fully saturated rings. The number of pyridine rings is 1. The number of halogens is 1. The minimum Gasteiger partial charge on any atom is -0.477 e. The van der Waals surface area contributed by atoms with Gasteiger partial charge in [0.25, 0.3) is 0 Å². The lowest BCUT2D eigenvalue weighted by atomic mass is 9.92. The van der Waals surface area contributed by atoms with Crippen LogP contribution in [0.2, 0.25) is 5.02 Å². The molecule has 1 amide bonds. The van der Waals surface area contributed by atoms with Gasteiger partial charge < -0.3 is 55.0 Å². The number of fused-ring (bicyclic) bond motifs is 1. The first-order valence-electron chi connectivity index (χ1n) is 21.2. The van der Waals surface area contributed by atoms with E-state index in [-0.39, 0.29) is 60.2 Å². The molecule has 336 valence electrons. The van der Waals surface area contributed by atoms with E-state index in [9.17, 15) is 29.1 Å². The van der Waals surface area contributed by atoms with Crippen molar-refractivity contribution in [1.82, 2.24) is 20.1 Å². The average molecular weight is 864 g/mol. The number of carboxylic acid groups (broad SMARTS) is 1. The number of nitrogens with two attached hydrogens (primary N) is 1. The SMILES string of the molecule is CCNCCCOC1C[C@@H](C)NC(=O)C(C)C(O)[C@@H](C)COC(=O)C(C)C(=O)C[C@H]1OC1CC(N(C)C)CC(C)O1.Nc1cc2c(=O)c(C(=O)O)cn(C3CC3)c2cc1Cl. The van der Waals surface area contributed by atoms with E-state index in [2.05, 4.69) is 15.5 Å². The average Bonchev–Trinajstić information content (AvgIpc) is 4.04. The Morgan fingerprint density at radius 2 is 1.77 bits per heavy atom. The van der Waals surface area contributed by atoms with Gasteiger partial charge in [-0.1, -0.05) is 32.4 Å². The number of amides is 1. The predicted octanol–water partition coefficient (Wildman–Crippen LogP) is 4.16. The Kier molecular flexibility index (Phi) is 18.3. The van der Waals surface area contributed by atoms with Crippen LogP contribution in [0.3, 0.4) is 0 Å². The van der Waals surface area contributed by atoms with Gasteiger partial charge in [0.1, 0.15) is 17.3 Å². The van der Waals surface area contributed by atoms with Gasteiger partial charge in [-0.15, -0.1) is 0 Å². The molecular formula is C43H66ClN5O11. The summed E-state index contributed by atoms with van der Waals surface area (Å²) in [5, 5.41) is 26.8. The van der Waals surface area contributed by atoms with Crippen molar-refractivity contribution in [3.05, 3.63) is 39.1 Å². The van der Waals surface area contributed by atoms with E-state index in [4.69, 9.17) is 41.4 Å². The first-order chi connectivity index (χ1) is 28.3. The van der Waals surface area contributed by atoms with Gasteiger partial charge in [0.2, 0.25) is 11.3 Å². The lowest BCUT2D eigenvalue weighted by Gasteiger charge is -2.40. The van der Waals surface area contributed by atoms with Crippen molar-refractivity contribution in [2.75, 3.05) is 46.1 Å². The molecule has 0 spiro atoms. The van der Waals surface area contributed by atoms with Gasteiger partial charge in [0, 0.05) is 55.1 Å². The molecular weight excluding hydrogens is 798 g/mol. The molecule has 1 saturated carbocycles. The Bertz CT molecular complexity index is 1860. The minimum atomic E-state index is -1.23. The summed E-state index contributed by atoms with van der Waals surface area (Å²) in [6.07, 6.45) is 3.05. The number of carbonyl (C=O) groups excluding carboxylic acids is 3. The van der Waals surface area contributed by atoms with Crippen LogP contribution in [0.25, 0.3) is 10.9 Å². The molecule has 3 aliphatic rings. The van der Waals surface area contributed by atoms with Crippen LogP contribution in [-0.4, -0.2) is 126 Å². The maximum atomic E-state index is 13.4.